The molecular formula is C14H20N2O4. The molecule has 110 valence electrons. The number of benzene rings is 1. The van der Waals surface area contributed by atoms with Crippen molar-refractivity contribution in [1.29, 1.82) is 0 Å². The number of hydrogen-bond donors (Lipinski definition) is 2. The maximum Gasteiger partial charge on any atom is 0.258 e. The Balaban J connectivity index is 2.29. The molecular weight excluding hydrogens is 260 g/mol. The lowest BCUT2D eigenvalue weighted by atomic mass is 10.0. The van der Waals surface area contributed by atoms with Crippen LogP contribution in [0, 0.1) is 0 Å². The molecule has 6 heteroatoms. The molecule has 6 nitrogen and oxygen atoms in total. The number of carbonyl (C=O) groups is 1. The van der Waals surface area contributed by atoms with E-state index in [1.807, 2.05) is 13.0 Å². The first-order valence-electron chi connectivity index (χ1n) is 6.65. The first-order chi connectivity index (χ1) is 9.51. The number of rotatable bonds is 6. The quantitative estimate of drug-likeness (QED) is 0.808. The summed E-state index contributed by atoms with van der Waals surface area (Å²) in [6.07, 6.45) is 0.764. The van der Waals surface area contributed by atoms with E-state index < -0.39 is 12.0 Å². The molecule has 0 spiro atoms. The predicted molar refractivity (Wildman–Crippen MR) is 73.8 cm³/mol. The largest absolute Gasteiger partial charge is 0.480 e. The van der Waals surface area contributed by atoms with E-state index in [1.165, 1.54) is 0 Å². The van der Waals surface area contributed by atoms with Gasteiger partial charge in [-0.3, -0.25) is 4.79 Å². The van der Waals surface area contributed by atoms with Crippen LogP contribution in [0.3, 0.4) is 0 Å². The van der Waals surface area contributed by atoms with Crippen LogP contribution in [0.1, 0.15) is 25.8 Å². The van der Waals surface area contributed by atoms with Crippen LogP contribution in [0.2, 0.25) is 0 Å². The number of amides is 1. The van der Waals surface area contributed by atoms with E-state index in [4.69, 9.17) is 25.7 Å². The molecule has 0 aromatic heterocycles. The minimum atomic E-state index is -0.716. The number of hydrogen-bond acceptors (Lipinski definition) is 5. The zero-order valence-electron chi connectivity index (χ0n) is 11.7. The van der Waals surface area contributed by atoms with Crippen molar-refractivity contribution in [2.45, 2.75) is 38.8 Å². The van der Waals surface area contributed by atoms with Gasteiger partial charge in [0.15, 0.2) is 17.6 Å². The summed E-state index contributed by atoms with van der Waals surface area (Å²) in [5.41, 5.74) is 12.1. The molecule has 1 aliphatic heterocycles. The third kappa shape index (κ3) is 3.14. The Morgan fingerprint density at radius 1 is 1.40 bits per heavy atom. The number of carbonyl (C=O) groups excluding carboxylic acids is 1. The summed E-state index contributed by atoms with van der Waals surface area (Å²) in [5, 5.41) is 0. The molecule has 0 saturated heterocycles. The van der Waals surface area contributed by atoms with Gasteiger partial charge in [-0.25, -0.2) is 0 Å². The van der Waals surface area contributed by atoms with Crippen LogP contribution < -0.4 is 25.7 Å². The molecule has 0 bridgehead atoms. The van der Waals surface area contributed by atoms with Gasteiger partial charge < -0.3 is 25.7 Å². The summed E-state index contributed by atoms with van der Waals surface area (Å²) < 4.78 is 16.3. The average Bonchev–Trinajstić information content (AvgIpc) is 2.85. The lowest BCUT2D eigenvalue weighted by Gasteiger charge is -2.17. The number of ether oxygens (including phenoxy) is 3. The zero-order valence-corrected chi connectivity index (χ0v) is 11.7. The molecule has 4 N–H and O–H groups in total. The van der Waals surface area contributed by atoms with Gasteiger partial charge in [-0.15, -0.1) is 0 Å². The third-order valence-electron chi connectivity index (χ3n) is 3.27. The summed E-state index contributed by atoms with van der Waals surface area (Å²) in [5.74, 6) is 1.31. The fourth-order valence-corrected chi connectivity index (χ4v) is 1.91. The average molecular weight is 280 g/mol. The Labute approximate surface area is 118 Å². The van der Waals surface area contributed by atoms with Gasteiger partial charge >= 0.3 is 0 Å². The first-order valence-corrected chi connectivity index (χ1v) is 6.65. The van der Waals surface area contributed by atoms with E-state index >= 15 is 0 Å². The Morgan fingerprint density at radius 2 is 2.05 bits per heavy atom. The summed E-state index contributed by atoms with van der Waals surface area (Å²) in [6.45, 7) is 3.81. The molecule has 1 aromatic carbocycles. The summed E-state index contributed by atoms with van der Waals surface area (Å²) >= 11 is 0. The van der Waals surface area contributed by atoms with E-state index in [0.29, 0.717) is 23.7 Å². The van der Waals surface area contributed by atoms with E-state index in [-0.39, 0.29) is 12.8 Å². The summed E-state index contributed by atoms with van der Waals surface area (Å²) in [6, 6.07) is 3.59. The van der Waals surface area contributed by atoms with Gasteiger partial charge in [0.1, 0.15) is 5.75 Å². The fourth-order valence-electron chi connectivity index (χ4n) is 1.91. The zero-order chi connectivity index (χ0) is 14.7. The Bertz CT molecular complexity index is 504. The molecule has 1 aromatic rings. The number of primary amides is 1. The van der Waals surface area contributed by atoms with E-state index in [0.717, 1.165) is 12.0 Å². The molecule has 1 amide bonds. The van der Waals surface area contributed by atoms with Crippen LogP contribution in [0.25, 0.3) is 0 Å². The van der Waals surface area contributed by atoms with Gasteiger partial charge in [-0.2, -0.15) is 0 Å². The minimum Gasteiger partial charge on any atom is -0.480 e. The van der Waals surface area contributed by atoms with Crippen molar-refractivity contribution in [2.75, 3.05) is 6.79 Å². The molecule has 0 fully saturated rings. The molecule has 2 unspecified atom stereocenters. The van der Waals surface area contributed by atoms with Gasteiger partial charge in [0.2, 0.25) is 6.79 Å². The Morgan fingerprint density at radius 3 is 2.65 bits per heavy atom. The van der Waals surface area contributed by atoms with E-state index in [1.54, 1.807) is 13.0 Å². The van der Waals surface area contributed by atoms with Gasteiger partial charge in [0, 0.05) is 12.1 Å². The van der Waals surface area contributed by atoms with Crippen molar-refractivity contribution in [1.82, 2.24) is 0 Å². The van der Waals surface area contributed by atoms with Gasteiger partial charge in [-0.05, 0) is 31.4 Å². The maximum absolute atomic E-state index is 11.1. The Kier molecular flexibility index (Phi) is 4.34. The summed E-state index contributed by atoms with van der Waals surface area (Å²) in [4.78, 5) is 11.1. The third-order valence-corrected chi connectivity index (χ3v) is 3.27. The molecule has 0 saturated carbocycles. The highest BCUT2D eigenvalue weighted by molar-refractivity contribution is 5.78. The highest BCUT2D eigenvalue weighted by Gasteiger charge is 2.21. The molecule has 2 atom stereocenters. The lowest BCUT2D eigenvalue weighted by molar-refractivity contribution is -0.124. The summed E-state index contributed by atoms with van der Waals surface area (Å²) in [7, 11) is 0. The molecule has 20 heavy (non-hydrogen) atoms. The molecule has 2 rings (SSSR count). The standard InChI is InChI=1S/C14H20N2O4/c1-3-10(15)4-9-5-12-13(19-7-18-12)6-11(9)20-8(2)14(16)17/h5-6,8,10H,3-4,7,15H2,1-2H3,(H2,16,17). The lowest BCUT2D eigenvalue weighted by Crippen LogP contribution is -2.31. The van der Waals surface area contributed by atoms with Crippen LogP contribution in [0.5, 0.6) is 17.2 Å². The highest BCUT2D eigenvalue weighted by atomic mass is 16.7. The van der Waals surface area contributed by atoms with E-state index in [2.05, 4.69) is 0 Å². The Hall–Kier alpha value is -1.95. The van der Waals surface area contributed by atoms with Crippen molar-refractivity contribution >= 4 is 5.91 Å². The second-order valence-corrected chi connectivity index (χ2v) is 4.85. The van der Waals surface area contributed by atoms with Crippen molar-refractivity contribution in [3.63, 3.8) is 0 Å². The number of fused-ring (bicyclic) bond motifs is 1. The second kappa shape index (κ2) is 6.00. The van der Waals surface area contributed by atoms with Crippen molar-refractivity contribution in [3.8, 4) is 17.2 Å². The van der Waals surface area contributed by atoms with Crippen LogP contribution >= 0.6 is 0 Å². The molecule has 0 aliphatic carbocycles. The number of nitrogens with two attached hydrogens (primary N) is 2. The van der Waals surface area contributed by atoms with Crippen LogP contribution in [-0.4, -0.2) is 24.8 Å². The first kappa shape index (κ1) is 14.5. The topological polar surface area (TPSA) is 96.8 Å². The van der Waals surface area contributed by atoms with Gasteiger partial charge in [0.25, 0.3) is 5.91 Å². The predicted octanol–water partition coefficient (Wildman–Crippen LogP) is 0.948. The van der Waals surface area contributed by atoms with E-state index in [9.17, 15) is 4.79 Å². The second-order valence-electron chi connectivity index (χ2n) is 4.85. The van der Waals surface area contributed by atoms with Crippen LogP contribution in [0.15, 0.2) is 12.1 Å². The normalized spacial score (nSPS) is 15.8. The fraction of sp³-hybridized carbons (Fsp3) is 0.500. The molecule has 0 radical (unpaired) electrons. The van der Waals surface area contributed by atoms with Crippen molar-refractivity contribution in [3.05, 3.63) is 17.7 Å². The molecule has 1 aliphatic rings. The smallest absolute Gasteiger partial charge is 0.258 e. The van der Waals surface area contributed by atoms with Gasteiger partial charge in [0.05, 0.1) is 0 Å². The highest BCUT2D eigenvalue weighted by Crippen LogP contribution is 2.39. The minimum absolute atomic E-state index is 0.0154. The monoisotopic (exact) mass is 280 g/mol. The molecule has 1 heterocycles. The SMILES string of the molecule is CCC(N)Cc1cc2c(cc1OC(C)C(N)=O)OCO2. The van der Waals surface area contributed by atoms with Crippen molar-refractivity contribution in [2.24, 2.45) is 11.5 Å². The van der Waals surface area contributed by atoms with Crippen LogP contribution in [0.4, 0.5) is 0 Å². The van der Waals surface area contributed by atoms with Gasteiger partial charge in [-0.1, -0.05) is 6.92 Å². The van der Waals surface area contributed by atoms with Crippen molar-refractivity contribution < 1.29 is 19.0 Å². The van der Waals surface area contributed by atoms with Crippen LogP contribution in [-0.2, 0) is 11.2 Å². The maximum atomic E-state index is 11.1.